The molecule has 0 saturated carbocycles. The Bertz CT molecular complexity index is 232. The van der Waals surface area contributed by atoms with Crippen molar-refractivity contribution in [2.45, 2.75) is 6.92 Å². The van der Waals surface area contributed by atoms with E-state index in [0.717, 1.165) is 5.69 Å². The van der Waals surface area contributed by atoms with Crippen LogP contribution in [0.15, 0.2) is 6.07 Å². The second kappa shape index (κ2) is 2.59. The summed E-state index contributed by atoms with van der Waals surface area (Å²) in [4.78, 5) is 3.90. The van der Waals surface area contributed by atoms with Crippen molar-refractivity contribution in [3.63, 3.8) is 0 Å². The second-order valence-corrected chi connectivity index (χ2v) is 2.45. The van der Waals surface area contributed by atoms with Crippen LogP contribution in [0.4, 0.5) is 0 Å². The summed E-state index contributed by atoms with van der Waals surface area (Å²) in [7, 11) is 0. The summed E-state index contributed by atoms with van der Waals surface area (Å²) in [5.74, 6) is 0. The number of aryl methyl sites for hydroxylation is 1. The normalized spacial score (nSPS) is 10.0. The highest BCUT2D eigenvalue weighted by atomic mass is 35.5. The molecule has 0 N–H and O–H groups in total. The lowest BCUT2D eigenvalue weighted by atomic mass is 10.2. The fraction of sp³-hybridized carbons (Fsp3) is 0.125. The summed E-state index contributed by atoms with van der Waals surface area (Å²) in [5.41, 5.74) is 1.42. The van der Waals surface area contributed by atoms with Crippen molar-refractivity contribution in [3.8, 4) is 0 Å². The van der Waals surface area contributed by atoms with Crippen molar-refractivity contribution >= 4 is 11.6 Å². The molecular weight excluding hydrogens is 146 g/mol. The Morgan fingerprint density at radius 1 is 1.50 bits per heavy atom. The van der Waals surface area contributed by atoms with Gasteiger partial charge in [0.2, 0.25) is 0 Å². The summed E-state index contributed by atoms with van der Waals surface area (Å²) < 4.78 is 0. The first-order valence-electron chi connectivity index (χ1n) is 2.79. The van der Waals surface area contributed by atoms with Crippen molar-refractivity contribution in [1.82, 2.24) is 4.98 Å². The molecule has 0 spiro atoms. The molecule has 1 aromatic rings. The van der Waals surface area contributed by atoms with Crippen LogP contribution in [0.25, 0.3) is 0 Å². The molecule has 1 rings (SSSR count). The molecule has 0 unspecified atom stereocenters. The number of rotatable bonds is 0. The van der Waals surface area contributed by atoms with E-state index >= 15 is 0 Å². The Morgan fingerprint density at radius 3 is 2.60 bits per heavy atom. The van der Waals surface area contributed by atoms with Gasteiger partial charge in [0.05, 0.1) is 5.69 Å². The zero-order chi connectivity index (χ0) is 7.72. The van der Waals surface area contributed by atoms with E-state index in [0.29, 0.717) is 16.3 Å². The third-order valence-electron chi connectivity index (χ3n) is 1.17. The van der Waals surface area contributed by atoms with Crippen LogP contribution < -0.4 is 0 Å². The highest BCUT2D eigenvalue weighted by Crippen LogP contribution is 2.17. The van der Waals surface area contributed by atoms with Gasteiger partial charge in [-0.3, -0.25) is 4.98 Å². The van der Waals surface area contributed by atoms with E-state index in [1.54, 1.807) is 6.07 Å². The second-order valence-electron chi connectivity index (χ2n) is 2.04. The molecule has 1 heterocycles. The van der Waals surface area contributed by atoms with Gasteiger partial charge in [0.25, 0.3) is 0 Å². The van der Waals surface area contributed by atoms with E-state index < -0.39 is 0 Å². The topological polar surface area (TPSA) is 12.9 Å². The molecule has 50 valence electrons. The molecule has 10 heavy (non-hydrogen) atoms. The van der Waals surface area contributed by atoms with Crippen molar-refractivity contribution in [2.24, 2.45) is 0 Å². The maximum atomic E-state index is 5.67. The third kappa shape index (κ3) is 1.29. The van der Waals surface area contributed by atoms with Gasteiger partial charge in [0, 0.05) is 24.6 Å². The van der Waals surface area contributed by atoms with Crippen molar-refractivity contribution in [2.75, 3.05) is 0 Å². The lowest BCUT2D eigenvalue weighted by Gasteiger charge is -2.01. The average Bonchev–Trinajstić information content (AvgIpc) is 1.82. The largest absolute Gasteiger partial charge is 0.257 e. The zero-order valence-electron chi connectivity index (χ0n) is 5.56. The molecular formula is C8H6ClN. The maximum absolute atomic E-state index is 5.67. The SMILES string of the molecule is [CH]c1nc(C)cc(Cl)c1[CH]. The number of halogens is 1. The summed E-state index contributed by atoms with van der Waals surface area (Å²) in [5, 5.41) is 0.463. The van der Waals surface area contributed by atoms with Gasteiger partial charge in [-0.05, 0) is 18.6 Å². The van der Waals surface area contributed by atoms with Crippen LogP contribution in [-0.2, 0) is 0 Å². The first kappa shape index (κ1) is 7.55. The first-order chi connectivity index (χ1) is 4.61. The molecule has 0 saturated heterocycles. The zero-order valence-corrected chi connectivity index (χ0v) is 6.31. The molecule has 0 aliphatic carbocycles. The smallest absolute Gasteiger partial charge is 0.0501 e. The van der Waals surface area contributed by atoms with Crippen LogP contribution in [-0.4, -0.2) is 4.98 Å². The minimum Gasteiger partial charge on any atom is -0.257 e. The summed E-state index contributed by atoms with van der Waals surface area (Å²) >= 11 is 5.67. The third-order valence-corrected chi connectivity index (χ3v) is 1.48. The van der Waals surface area contributed by atoms with E-state index in [2.05, 4.69) is 4.98 Å². The van der Waals surface area contributed by atoms with Crippen LogP contribution in [0.3, 0.4) is 0 Å². The van der Waals surface area contributed by atoms with Gasteiger partial charge in [-0.15, -0.1) is 0 Å². The molecule has 0 fully saturated rings. The highest BCUT2D eigenvalue weighted by molar-refractivity contribution is 6.31. The lowest BCUT2D eigenvalue weighted by molar-refractivity contribution is 1.15. The number of hydrogen-bond donors (Lipinski definition) is 0. The van der Waals surface area contributed by atoms with Crippen LogP contribution in [0.5, 0.6) is 0 Å². The number of nitrogens with zero attached hydrogens (tertiary/aromatic N) is 1. The monoisotopic (exact) mass is 151 g/mol. The standard InChI is InChI=1S/C8H6ClN/c1-5-4-8(9)6(2)7(3)10-5/h2-4H,1H3. The van der Waals surface area contributed by atoms with Gasteiger partial charge in [-0.1, -0.05) is 11.6 Å². The van der Waals surface area contributed by atoms with Gasteiger partial charge >= 0.3 is 0 Å². The van der Waals surface area contributed by atoms with E-state index in [4.69, 9.17) is 25.4 Å². The fourth-order valence-corrected chi connectivity index (χ4v) is 0.921. The molecule has 1 nitrogen and oxygen atoms in total. The molecule has 0 aromatic carbocycles. The van der Waals surface area contributed by atoms with Crippen molar-refractivity contribution in [3.05, 3.63) is 41.9 Å². The predicted octanol–water partition coefficient (Wildman–Crippen LogP) is 2.16. The molecule has 0 bridgehead atoms. The minimum absolute atomic E-state index is 0.296. The maximum Gasteiger partial charge on any atom is 0.0501 e. The van der Waals surface area contributed by atoms with Crippen molar-refractivity contribution < 1.29 is 0 Å². The Kier molecular flexibility index (Phi) is 1.95. The lowest BCUT2D eigenvalue weighted by Crippen LogP contribution is -1.90. The fourth-order valence-electron chi connectivity index (χ4n) is 0.666. The Hall–Kier alpha value is -0.560. The Morgan fingerprint density at radius 2 is 2.10 bits per heavy atom. The molecule has 0 aliphatic rings. The van der Waals surface area contributed by atoms with Gasteiger partial charge in [0.1, 0.15) is 0 Å². The van der Waals surface area contributed by atoms with Crippen LogP contribution in [0.2, 0.25) is 5.02 Å². The Balaban J connectivity index is 3.31. The van der Waals surface area contributed by atoms with Gasteiger partial charge in [-0.25, -0.2) is 0 Å². The quantitative estimate of drug-likeness (QED) is 0.554. The minimum atomic E-state index is 0.296. The van der Waals surface area contributed by atoms with Crippen LogP contribution >= 0.6 is 11.6 Å². The predicted molar refractivity (Wildman–Crippen MR) is 40.8 cm³/mol. The van der Waals surface area contributed by atoms with Gasteiger partial charge in [0.15, 0.2) is 0 Å². The van der Waals surface area contributed by atoms with Gasteiger partial charge in [-0.2, -0.15) is 0 Å². The van der Waals surface area contributed by atoms with Crippen molar-refractivity contribution in [1.29, 1.82) is 0 Å². The van der Waals surface area contributed by atoms with E-state index in [9.17, 15) is 0 Å². The molecule has 4 radical (unpaired) electrons. The van der Waals surface area contributed by atoms with E-state index in [1.807, 2.05) is 6.92 Å². The molecule has 2 heteroatoms. The molecule has 0 amide bonds. The van der Waals surface area contributed by atoms with E-state index in [1.165, 1.54) is 0 Å². The number of pyridine rings is 1. The molecule has 1 aromatic heterocycles. The highest BCUT2D eigenvalue weighted by Gasteiger charge is 2.00. The van der Waals surface area contributed by atoms with Crippen LogP contribution in [0, 0.1) is 20.8 Å². The first-order valence-corrected chi connectivity index (χ1v) is 3.17. The number of hydrogen-bond acceptors (Lipinski definition) is 1. The summed E-state index contributed by atoms with van der Waals surface area (Å²) in [6.07, 6.45) is 0. The molecule has 0 atom stereocenters. The number of aromatic nitrogens is 1. The Labute approximate surface area is 66.0 Å². The molecule has 0 aliphatic heterocycles. The summed E-state index contributed by atoms with van der Waals surface area (Å²) in [6, 6.07) is 1.67. The van der Waals surface area contributed by atoms with E-state index in [-0.39, 0.29) is 0 Å². The average molecular weight is 152 g/mol. The van der Waals surface area contributed by atoms with Crippen LogP contribution in [0.1, 0.15) is 17.0 Å². The van der Waals surface area contributed by atoms with Gasteiger partial charge < -0.3 is 0 Å². The summed E-state index contributed by atoms with van der Waals surface area (Å²) in [6.45, 7) is 12.6.